The van der Waals surface area contributed by atoms with Gasteiger partial charge in [-0.2, -0.15) is 0 Å². The summed E-state index contributed by atoms with van der Waals surface area (Å²) in [7, 11) is 1.65. The molecule has 0 aliphatic rings. The van der Waals surface area contributed by atoms with Crippen molar-refractivity contribution >= 4 is 5.69 Å². The first kappa shape index (κ1) is 13.3. The SMILES string of the molecule is COc1ccccc1OCCCc1cccc(N)c1. The molecule has 0 bridgehead atoms. The first-order chi connectivity index (χ1) is 9.29. The largest absolute Gasteiger partial charge is 0.493 e. The zero-order valence-electron chi connectivity index (χ0n) is 11.1. The fourth-order valence-corrected chi connectivity index (χ4v) is 1.95. The van der Waals surface area contributed by atoms with Crippen molar-refractivity contribution in [1.82, 2.24) is 0 Å². The van der Waals surface area contributed by atoms with E-state index >= 15 is 0 Å². The van der Waals surface area contributed by atoms with Crippen molar-refractivity contribution in [2.24, 2.45) is 0 Å². The predicted octanol–water partition coefficient (Wildman–Crippen LogP) is 3.29. The number of anilines is 1. The molecular weight excluding hydrogens is 238 g/mol. The molecule has 0 aliphatic carbocycles. The summed E-state index contributed by atoms with van der Waals surface area (Å²) in [5, 5.41) is 0. The Kier molecular flexibility index (Phi) is 4.67. The second-order valence-electron chi connectivity index (χ2n) is 4.35. The molecule has 0 unspecified atom stereocenters. The van der Waals surface area contributed by atoms with Crippen LogP contribution in [0, 0.1) is 0 Å². The van der Waals surface area contributed by atoms with Crippen LogP contribution in [0.15, 0.2) is 48.5 Å². The Bertz CT molecular complexity index is 526. The van der Waals surface area contributed by atoms with Gasteiger partial charge in [0.25, 0.3) is 0 Å². The number of para-hydroxylation sites is 2. The Balaban J connectivity index is 1.81. The summed E-state index contributed by atoms with van der Waals surface area (Å²) in [6.07, 6.45) is 1.90. The first-order valence-corrected chi connectivity index (χ1v) is 6.40. The van der Waals surface area contributed by atoms with Crippen LogP contribution in [0.5, 0.6) is 11.5 Å². The third-order valence-electron chi connectivity index (χ3n) is 2.89. The second-order valence-corrected chi connectivity index (χ2v) is 4.35. The van der Waals surface area contributed by atoms with Crippen molar-refractivity contribution in [1.29, 1.82) is 0 Å². The molecule has 2 aromatic rings. The third kappa shape index (κ3) is 3.91. The lowest BCUT2D eigenvalue weighted by atomic mass is 10.1. The number of nitrogen functional groups attached to an aromatic ring is 1. The highest BCUT2D eigenvalue weighted by molar-refractivity contribution is 5.41. The van der Waals surface area contributed by atoms with Gasteiger partial charge >= 0.3 is 0 Å². The van der Waals surface area contributed by atoms with Crippen LogP contribution in [-0.2, 0) is 6.42 Å². The Labute approximate surface area is 114 Å². The molecule has 0 radical (unpaired) electrons. The van der Waals surface area contributed by atoms with Gasteiger partial charge in [-0.25, -0.2) is 0 Å². The normalized spacial score (nSPS) is 10.2. The Morgan fingerprint density at radius 2 is 1.79 bits per heavy atom. The van der Waals surface area contributed by atoms with Gasteiger partial charge in [0.1, 0.15) is 0 Å². The van der Waals surface area contributed by atoms with E-state index in [0.29, 0.717) is 6.61 Å². The van der Waals surface area contributed by atoms with Gasteiger partial charge in [0.2, 0.25) is 0 Å². The quantitative estimate of drug-likeness (QED) is 0.638. The van der Waals surface area contributed by atoms with Gasteiger partial charge in [-0.05, 0) is 42.7 Å². The molecule has 0 spiro atoms. The number of hydrogen-bond acceptors (Lipinski definition) is 3. The molecule has 0 fully saturated rings. The summed E-state index contributed by atoms with van der Waals surface area (Å²) < 4.78 is 11.0. The molecule has 0 aromatic heterocycles. The molecule has 2 aromatic carbocycles. The van der Waals surface area contributed by atoms with Gasteiger partial charge in [-0.1, -0.05) is 24.3 Å². The van der Waals surface area contributed by atoms with E-state index in [1.165, 1.54) is 5.56 Å². The van der Waals surface area contributed by atoms with E-state index in [-0.39, 0.29) is 0 Å². The van der Waals surface area contributed by atoms with E-state index < -0.39 is 0 Å². The number of ether oxygens (including phenoxy) is 2. The van der Waals surface area contributed by atoms with E-state index in [0.717, 1.165) is 30.0 Å². The molecule has 0 aliphatic heterocycles. The van der Waals surface area contributed by atoms with Crippen LogP contribution in [0.1, 0.15) is 12.0 Å². The highest BCUT2D eigenvalue weighted by Gasteiger charge is 2.02. The van der Waals surface area contributed by atoms with Crippen LogP contribution in [0.25, 0.3) is 0 Å². The van der Waals surface area contributed by atoms with Crippen LogP contribution < -0.4 is 15.2 Å². The number of benzene rings is 2. The lowest BCUT2D eigenvalue weighted by Gasteiger charge is -2.10. The highest BCUT2D eigenvalue weighted by atomic mass is 16.5. The van der Waals surface area contributed by atoms with E-state index in [1.54, 1.807) is 7.11 Å². The van der Waals surface area contributed by atoms with E-state index in [1.807, 2.05) is 42.5 Å². The molecule has 100 valence electrons. The maximum Gasteiger partial charge on any atom is 0.161 e. The molecule has 0 atom stereocenters. The van der Waals surface area contributed by atoms with Gasteiger partial charge in [-0.3, -0.25) is 0 Å². The summed E-state index contributed by atoms with van der Waals surface area (Å²) in [4.78, 5) is 0. The van der Waals surface area contributed by atoms with Gasteiger partial charge in [0.05, 0.1) is 13.7 Å². The molecule has 19 heavy (non-hydrogen) atoms. The molecule has 3 heteroatoms. The fourth-order valence-electron chi connectivity index (χ4n) is 1.95. The predicted molar refractivity (Wildman–Crippen MR) is 77.7 cm³/mol. The van der Waals surface area contributed by atoms with Crippen LogP contribution in [0.4, 0.5) is 5.69 Å². The van der Waals surface area contributed by atoms with Crippen molar-refractivity contribution in [3.63, 3.8) is 0 Å². The van der Waals surface area contributed by atoms with Crippen molar-refractivity contribution in [3.05, 3.63) is 54.1 Å². The zero-order chi connectivity index (χ0) is 13.5. The summed E-state index contributed by atoms with van der Waals surface area (Å²) in [6.45, 7) is 0.662. The Morgan fingerprint density at radius 3 is 2.53 bits per heavy atom. The molecule has 0 heterocycles. The molecule has 2 rings (SSSR count). The van der Waals surface area contributed by atoms with Gasteiger partial charge in [0.15, 0.2) is 11.5 Å². The first-order valence-electron chi connectivity index (χ1n) is 6.40. The van der Waals surface area contributed by atoms with Crippen molar-refractivity contribution < 1.29 is 9.47 Å². The Morgan fingerprint density at radius 1 is 1.00 bits per heavy atom. The maximum absolute atomic E-state index is 5.74. The summed E-state index contributed by atoms with van der Waals surface area (Å²) in [5.41, 5.74) is 7.79. The number of rotatable bonds is 6. The van der Waals surface area contributed by atoms with E-state index in [4.69, 9.17) is 15.2 Å². The molecule has 3 nitrogen and oxygen atoms in total. The van der Waals surface area contributed by atoms with E-state index in [2.05, 4.69) is 6.07 Å². The number of nitrogens with two attached hydrogens (primary N) is 1. The minimum Gasteiger partial charge on any atom is -0.493 e. The molecule has 0 saturated carbocycles. The van der Waals surface area contributed by atoms with Crippen LogP contribution in [-0.4, -0.2) is 13.7 Å². The summed E-state index contributed by atoms with van der Waals surface area (Å²) in [5.74, 6) is 1.56. The van der Waals surface area contributed by atoms with Crippen LogP contribution >= 0.6 is 0 Å². The highest BCUT2D eigenvalue weighted by Crippen LogP contribution is 2.25. The number of aryl methyl sites for hydroxylation is 1. The van der Waals surface area contributed by atoms with Crippen molar-refractivity contribution in [3.8, 4) is 11.5 Å². The van der Waals surface area contributed by atoms with Crippen LogP contribution in [0.3, 0.4) is 0 Å². The lowest BCUT2D eigenvalue weighted by molar-refractivity contribution is 0.289. The lowest BCUT2D eigenvalue weighted by Crippen LogP contribution is -2.01. The van der Waals surface area contributed by atoms with Gasteiger partial charge in [0, 0.05) is 5.69 Å². The molecular formula is C16H19NO2. The molecule has 0 saturated heterocycles. The average molecular weight is 257 g/mol. The van der Waals surface area contributed by atoms with Gasteiger partial charge < -0.3 is 15.2 Å². The maximum atomic E-state index is 5.74. The minimum atomic E-state index is 0.662. The molecule has 2 N–H and O–H groups in total. The number of methoxy groups -OCH3 is 1. The smallest absolute Gasteiger partial charge is 0.161 e. The average Bonchev–Trinajstić information content (AvgIpc) is 2.44. The van der Waals surface area contributed by atoms with Gasteiger partial charge in [-0.15, -0.1) is 0 Å². The summed E-state index contributed by atoms with van der Waals surface area (Å²) >= 11 is 0. The minimum absolute atomic E-state index is 0.662. The fraction of sp³-hybridized carbons (Fsp3) is 0.250. The van der Waals surface area contributed by atoms with Crippen molar-refractivity contribution in [2.75, 3.05) is 19.5 Å². The Hall–Kier alpha value is -2.16. The molecule has 0 amide bonds. The monoisotopic (exact) mass is 257 g/mol. The van der Waals surface area contributed by atoms with E-state index in [9.17, 15) is 0 Å². The number of hydrogen-bond donors (Lipinski definition) is 1. The summed E-state index contributed by atoms with van der Waals surface area (Å²) in [6, 6.07) is 15.6. The topological polar surface area (TPSA) is 44.5 Å². The zero-order valence-corrected chi connectivity index (χ0v) is 11.1. The third-order valence-corrected chi connectivity index (χ3v) is 2.89. The van der Waals surface area contributed by atoms with Crippen molar-refractivity contribution in [2.45, 2.75) is 12.8 Å². The van der Waals surface area contributed by atoms with Crippen LogP contribution in [0.2, 0.25) is 0 Å². The second kappa shape index (κ2) is 6.69. The standard InChI is InChI=1S/C16H19NO2/c1-18-15-9-2-3-10-16(15)19-11-5-7-13-6-4-8-14(17)12-13/h2-4,6,8-10,12H,5,7,11,17H2,1H3.